The van der Waals surface area contributed by atoms with Crippen molar-refractivity contribution in [2.24, 2.45) is 0 Å². The Bertz CT molecular complexity index is 3190. The van der Waals surface area contributed by atoms with Gasteiger partial charge in [0.2, 0.25) is 0 Å². The molecular formula is C55H38N2. The van der Waals surface area contributed by atoms with E-state index in [0.717, 1.165) is 39.0 Å². The summed E-state index contributed by atoms with van der Waals surface area (Å²) in [5, 5.41) is 7.34. The van der Waals surface area contributed by atoms with Crippen LogP contribution in [0.15, 0.2) is 194 Å². The van der Waals surface area contributed by atoms with Gasteiger partial charge in [-0.15, -0.1) is 0 Å². The fourth-order valence-electron chi connectivity index (χ4n) is 9.38. The molecular weight excluding hydrogens is 689 g/mol. The number of nitrogens with zero attached hydrogens (tertiary/aromatic N) is 2. The molecule has 0 bridgehead atoms. The van der Waals surface area contributed by atoms with Crippen LogP contribution in [-0.2, 0) is 5.41 Å². The van der Waals surface area contributed by atoms with E-state index in [0.29, 0.717) is 5.82 Å². The van der Waals surface area contributed by atoms with Gasteiger partial charge in [-0.25, -0.2) is 9.97 Å². The Labute approximate surface area is 332 Å². The van der Waals surface area contributed by atoms with Gasteiger partial charge in [-0.2, -0.15) is 0 Å². The summed E-state index contributed by atoms with van der Waals surface area (Å²) >= 11 is 0. The Hall–Kier alpha value is -7.16. The van der Waals surface area contributed by atoms with Crippen molar-refractivity contribution in [3.8, 4) is 67.3 Å². The van der Waals surface area contributed by atoms with Crippen molar-refractivity contribution in [3.63, 3.8) is 0 Å². The van der Waals surface area contributed by atoms with Crippen LogP contribution in [0.3, 0.4) is 0 Å². The van der Waals surface area contributed by atoms with Gasteiger partial charge in [0, 0.05) is 22.1 Å². The predicted octanol–water partition coefficient (Wildman–Crippen LogP) is 14.6. The first kappa shape index (κ1) is 33.2. The molecule has 0 saturated heterocycles. The second kappa shape index (κ2) is 13.0. The average molecular weight is 727 g/mol. The van der Waals surface area contributed by atoms with E-state index in [2.05, 4.69) is 208 Å². The van der Waals surface area contributed by atoms with E-state index in [1.165, 1.54) is 65.9 Å². The van der Waals surface area contributed by atoms with E-state index >= 15 is 0 Å². The summed E-state index contributed by atoms with van der Waals surface area (Å²) in [6.07, 6.45) is 0. The Morgan fingerprint density at radius 2 is 0.860 bits per heavy atom. The summed E-state index contributed by atoms with van der Waals surface area (Å²) in [6, 6.07) is 70.0. The van der Waals surface area contributed by atoms with Gasteiger partial charge in [-0.3, -0.25) is 0 Å². The molecule has 1 aliphatic rings. The molecule has 11 rings (SSSR count). The van der Waals surface area contributed by atoms with Gasteiger partial charge in [0.1, 0.15) is 0 Å². The van der Waals surface area contributed by atoms with E-state index in [-0.39, 0.29) is 5.41 Å². The monoisotopic (exact) mass is 726 g/mol. The van der Waals surface area contributed by atoms with Crippen LogP contribution in [-0.4, -0.2) is 9.97 Å². The van der Waals surface area contributed by atoms with Crippen molar-refractivity contribution in [1.29, 1.82) is 0 Å². The molecule has 57 heavy (non-hydrogen) atoms. The minimum Gasteiger partial charge on any atom is -0.228 e. The smallest absolute Gasteiger partial charge is 0.160 e. The highest BCUT2D eigenvalue weighted by atomic mass is 14.9. The molecule has 0 amide bonds. The molecule has 0 N–H and O–H groups in total. The summed E-state index contributed by atoms with van der Waals surface area (Å²) in [5.74, 6) is 0.704. The summed E-state index contributed by atoms with van der Waals surface area (Å²) in [4.78, 5) is 10.6. The van der Waals surface area contributed by atoms with E-state index in [1.54, 1.807) is 0 Å². The molecule has 0 atom stereocenters. The standard InChI is InChI=1S/C55H38N2/c1-55(2)49-25-13-24-47(52(49)48-31-30-38-17-7-9-20-41(38)53(48)55)44-32-33-46(43-22-11-10-21-42(43)44)51-34-50(45-23-12-18-37-16-6-8-19-40(37)45)56-54(57-51)39-28-26-36(27-29-39)35-14-4-3-5-15-35/h3-34H,1-2H3. The lowest BCUT2D eigenvalue weighted by Gasteiger charge is -2.23. The highest BCUT2D eigenvalue weighted by molar-refractivity contribution is 6.09. The third-order valence-electron chi connectivity index (χ3n) is 12.1. The van der Waals surface area contributed by atoms with E-state index < -0.39 is 0 Å². The molecule has 0 fully saturated rings. The Morgan fingerprint density at radius 1 is 0.351 bits per heavy atom. The number of rotatable bonds is 5. The van der Waals surface area contributed by atoms with E-state index in [1.807, 2.05) is 0 Å². The van der Waals surface area contributed by atoms with Crippen LogP contribution in [0, 0.1) is 0 Å². The first-order valence-corrected chi connectivity index (χ1v) is 19.7. The van der Waals surface area contributed by atoms with Crippen molar-refractivity contribution < 1.29 is 0 Å². The molecule has 0 radical (unpaired) electrons. The summed E-state index contributed by atoms with van der Waals surface area (Å²) in [7, 11) is 0. The number of fused-ring (bicyclic) bond motifs is 7. The van der Waals surface area contributed by atoms with Crippen molar-refractivity contribution in [3.05, 3.63) is 205 Å². The van der Waals surface area contributed by atoms with Gasteiger partial charge < -0.3 is 0 Å². The lowest BCUT2D eigenvalue weighted by atomic mass is 9.80. The SMILES string of the molecule is CC1(C)c2cccc(-c3ccc(-c4cc(-c5cccc6ccccc56)nc(-c5ccc(-c6ccccc6)cc5)n4)c4ccccc34)c2-c2ccc3ccccc3c21. The molecule has 1 heterocycles. The van der Waals surface area contributed by atoms with Gasteiger partial charge >= 0.3 is 0 Å². The normalized spacial score (nSPS) is 12.9. The highest BCUT2D eigenvalue weighted by Gasteiger charge is 2.38. The first-order chi connectivity index (χ1) is 28.0. The zero-order valence-corrected chi connectivity index (χ0v) is 31.9. The van der Waals surface area contributed by atoms with E-state index in [9.17, 15) is 0 Å². The molecule has 0 aliphatic heterocycles. The van der Waals surface area contributed by atoms with Crippen LogP contribution < -0.4 is 0 Å². The summed E-state index contributed by atoms with van der Waals surface area (Å²) < 4.78 is 0. The number of hydrogen-bond acceptors (Lipinski definition) is 2. The van der Waals surface area contributed by atoms with Gasteiger partial charge in [-0.1, -0.05) is 202 Å². The molecule has 0 saturated carbocycles. The number of benzene rings is 9. The largest absolute Gasteiger partial charge is 0.228 e. The van der Waals surface area contributed by atoms with Crippen molar-refractivity contribution in [2.45, 2.75) is 19.3 Å². The Morgan fingerprint density at radius 3 is 1.61 bits per heavy atom. The molecule has 268 valence electrons. The van der Waals surface area contributed by atoms with Gasteiger partial charge in [-0.05, 0) is 82.9 Å². The second-order valence-corrected chi connectivity index (χ2v) is 15.7. The lowest BCUT2D eigenvalue weighted by molar-refractivity contribution is 0.666. The molecule has 10 aromatic rings. The van der Waals surface area contributed by atoms with Gasteiger partial charge in [0.15, 0.2) is 5.82 Å². The van der Waals surface area contributed by atoms with Crippen LogP contribution in [0.25, 0.3) is 99.6 Å². The number of hydrogen-bond donors (Lipinski definition) is 0. The van der Waals surface area contributed by atoms with Crippen molar-refractivity contribution >= 4 is 32.3 Å². The lowest BCUT2D eigenvalue weighted by Crippen LogP contribution is -2.15. The van der Waals surface area contributed by atoms with E-state index in [4.69, 9.17) is 9.97 Å². The maximum Gasteiger partial charge on any atom is 0.160 e. The molecule has 0 unspecified atom stereocenters. The minimum absolute atomic E-state index is 0.133. The van der Waals surface area contributed by atoms with Crippen LogP contribution in [0.2, 0.25) is 0 Å². The maximum atomic E-state index is 5.36. The summed E-state index contributed by atoms with van der Waals surface area (Å²) in [6.45, 7) is 4.76. The van der Waals surface area contributed by atoms with Crippen LogP contribution in [0.4, 0.5) is 0 Å². The average Bonchev–Trinajstić information content (AvgIpc) is 3.52. The first-order valence-electron chi connectivity index (χ1n) is 19.7. The third-order valence-corrected chi connectivity index (χ3v) is 12.1. The molecule has 9 aromatic carbocycles. The fraction of sp³-hybridized carbons (Fsp3) is 0.0545. The molecule has 2 nitrogen and oxygen atoms in total. The molecule has 2 heteroatoms. The zero-order chi connectivity index (χ0) is 38.1. The van der Waals surface area contributed by atoms with Crippen molar-refractivity contribution in [1.82, 2.24) is 9.97 Å². The Kier molecular flexibility index (Phi) is 7.55. The number of aromatic nitrogens is 2. The van der Waals surface area contributed by atoms with Gasteiger partial charge in [0.05, 0.1) is 11.4 Å². The molecule has 1 aliphatic carbocycles. The molecule has 1 aromatic heterocycles. The van der Waals surface area contributed by atoms with Gasteiger partial charge in [0.25, 0.3) is 0 Å². The topological polar surface area (TPSA) is 25.8 Å². The summed E-state index contributed by atoms with van der Waals surface area (Å²) in [5.41, 5.74) is 15.1. The second-order valence-electron chi connectivity index (χ2n) is 15.7. The zero-order valence-electron chi connectivity index (χ0n) is 31.9. The Balaban J connectivity index is 1.11. The van der Waals surface area contributed by atoms with Crippen LogP contribution >= 0.6 is 0 Å². The minimum atomic E-state index is -0.133. The maximum absolute atomic E-state index is 5.36. The third kappa shape index (κ3) is 5.33. The van der Waals surface area contributed by atoms with Crippen LogP contribution in [0.1, 0.15) is 25.0 Å². The van der Waals surface area contributed by atoms with Crippen LogP contribution in [0.5, 0.6) is 0 Å². The van der Waals surface area contributed by atoms with Crippen molar-refractivity contribution in [2.75, 3.05) is 0 Å². The fourth-order valence-corrected chi connectivity index (χ4v) is 9.38. The highest BCUT2D eigenvalue weighted by Crippen LogP contribution is 2.55. The predicted molar refractivity (Wildman–Crippen MR) is 239 cm³/mol. The quantitative estimate of drug-likeness (QED) is 0.176. The molecule has 0 spiro atoms.